The van der Waals surface area contributed by atoms with Gasteiger partial charge in [0.2, 0.25) is 11.6 Å². The molecule has 0 amide bonds. The highest BCUT2D eigenvalue weighted by molar-refractivity contribution is 6.71. The minimum absolute atomic E-state index is 0.0863. The van der Waals surface area contributed by atoms with Crippen LogP contribution in [-0.2, 0) is 9.57 Å². The van der Waals surface area contributed by atoms with Crippen molar-refractivity contribution in [3.05, 3.63) is 71.8 Å². The summed E-state index contributed by atoms with van der Waals surface area (Å²) in [4.78, 5) is 40.9. The third kappa shape index (κ3) is 4.36. The molecule has 24 heavy (non-hydrogen) atoms. The van der Waals surface area contributed by atoms with Gasteiger partial charge in [-0.15, -0.1) is 0 Å². The number of oxime groups is 1. The first-order valence-electron chi connectivity index (χ1n) is 7.24. The van der Waals surface area contributed by atoms with Crippen molar-refractivity contribution >= 4 is 23.4 Å². The summed E-state index contributed by atoms with van der Waals surface area (Å²) in [5.41, 5.74) is 0.0152. The number of carbonyl (C=O) groups excluding carboxylic acids is 3. The van der Waals surface area contributed by atoms with Crippen molar-refractivity contribution in [2.45, 2.75) is 6.92 Å². The number of nitrogens with zero attached hydrogens (tertiary/aromatic N) is 1. The quantitative estimate of drug-likeness (QED) is 0.203. The lowest BCUT2D eigenvalue weighted by molar-refractivity contribution is 0.0609. The van der Waals surface area contributed by atoms with Crippen LogP contribution in [0, 0.1) is 0 Å². The summed E-state index contributed by atoms with van der Waals surface area (Å²) >= 11 is 0. The fourth-order valence-corrected chi connectivity index (χ4v) is 1.87. The smallest absolute Gasteiger partial charge is 0.433 e. The number of benzene rings is 2. The van der Waals surface area contributed by atoms with Crippen molar-refractivity contribution < 1.29 is 24.0 Å². The molecule has 0 bridgehead atoms. The summed E-state index contributed by atoms with van der Waals surface area (Å²) in [7, 11) is 0. The molecule has 6 nitrogen and oxygen atoms in total. The van der Waals surface area contributed by atoms with Gasteiger partial charge in [-0.05, 0) is 6.92 Å². The van der Waals surface area contributed by atoms with Crippen LogP contribution in [0.1, 0.15) is 27.6 Å². The zero-order chi connectivity index (χ0) is 17.4. The van der Waals surface area contributed by atoms with E-state index in [-0.39, 0.29) is 17.7 Å². The Morgan fingerprint density at radius 3 is 1.71 bits per heavy atom. The summed E-state index contributed by atoms with van der Waals surface area (Å²) < 4.78 is 4.57. The fraction of sp³-hybridized carbons (Fsp3) is 0.111. The summed E-state index contributed by atoms with van der Waals surface area (Å²) in [5, 5.41) is 3.44. The molecule has 2 aromatic carbocycles. The van der Waals surface area contributed by atoms with E-state index in [1.54, 1.807) is 67.6 Å². The first-order chi connectivity index (χ1) is 11.6. The zero-order valence-electron chi connectivity index (χ0n) is 13.0. The Morgan fingerprint density at radius 2 is 1.29 bits per heavy atom. The molecule has 0 fully saturated rings. The summed E-state index contributed by atoms with van der Waals surface area (Å²) in [6, 6.07) is 16.3. The molecular formula is C18H15NO5. The normalized spacial score (nSPS) is 9.71. The molecule has 2 aromatic rings. The number of ether oxygens (including phenoxy) is 1. The molecule has 0 saturated heterocycles. The van der Waals surface area contributed by atoms with Crippen LogP contribution < -0.4 is 0 Å². The molecule has 0 aliphatic heterocycles. The van der Waals surface area contributed by atoms with E-state index in [1.807, 2.05) is 0 Å². The summed E-state index contributed by atoms with van der Waals surface area (Å²) in [5.74, 6) is -1.29. The highest BCUT2D eigenvalue weighted by atomic mass is 16.8. The number of carbonyl (C=O) groups is 3. The third-order valence-corrected chi connectivity index (χ3v) is 2.98. The van der Waals surface area contributed by atoms with Crippen molar-refractivity contribution in [1.29, 1.82) is 0 Å². The van der Waals surface area contributed by atoms with Gasteiger partial charge in [0.25, 0.3) is 0 Å². The summed E-state index contributed by atoms with van der Waals surface area (Å²) in [6.45, 7) is 1.68. The molecule has 0 spiro atoms. The van der Waals surface area contributed by atoms with Gasteiger partial charge in [-0.3, -0.25) is 14.4 Å². The second-order valence-electron chi connectivity index (χ2n) is 4.60. The number of Topliss-reactive ketones (excluding diaryl/α,β-unsaturated/α-hetero) is 2. The Kier molecular flexibility index (Phi) is 5.96. The van der Waals surface area contributed by atoms with Crippen molar-refractivity contribution in [2.75, 3.05) is 6.61 Å². The third-order valence-electron chi connectivity index (χ3n) is 2.98. The highest BCUT2D eigenvalue weighted by Gasteiger charge is 2.25. The minimum Gasteiger partial charge on any atom is -0.433 e. The first kappa shape index (κ1) is 17.1. The molecule has 0 aliphatic carbocycles. The molecule has 0 radical (unpaired) electrons. The molecular weight excluding hydrogens is 310 g/mol. The fourth-order valence-electron chi connectivity index (χ4n) is 1.87. The average Bonchev–Trinajstić information content (AvgIpc) is 2.63. The molecule has 0 aliphatic rings. The van der Waals surface area contributed by atoms with Crippen LogP contribution in [0.5, 0.6) is 0 Å². The van der Waals surface area contributed by atoms with Crippen LogP contribution >= 0.6 is 0 Å². The van der Waals surface area contributed by atoms with Crippen LogP contribution in [0.4, 0.5) is 4.79 Å². The van der Waals surface area contributed by atoms with E-state index in [0.29, 0.717) is 0 Å². The molecule has 0 heterocycles. The van der Waals surface area contributed by atoms with E-state index in [1.165, 1.54) is 0 Å². The molecule has 0 saturated carbocycles. The van der Waals surface area contributed by atoms with Gasteiger partial charge in [0.1, 0.15) is 0 Å². The Labute approximate surface area is 138 Å². The predicted octanol–water partition coefficient (Wildman–Crippen LogP) is 3.28. The van der Waals surface area contributed by atoms with Crippen LogP contribution in [0.25, 0.3) is 0 Å². The lowest BCUT2D eigenvalue weighted by Crippen LogP contribution is -2.25. The van der Waals surface area contributed by atoms with Gasteiger partial charge >= 0.3 is 6.16 Å². The molecule has 0 unspecified atom stereocenters. The van der Waals surface area contributed by atoms with Gasteiger partial charge in [-0.1, -0.05) is 65.8 Å². The van der Waals surface area contributed by atoms with Gasteiger partial charge < -0.3 is 4.74 Å². The SMILES string of the molecule is CCOC(=O)ON=C(C(=O)c1ccccc1)C(=O)c1ccccc1. The largest absolute Gasteiger partial charge is 0.535 e. The van der Waals surface area contributed by atoms with E-state index in [2.05, 4.69) is 14.7 Å². The first-order valence-corrected chi connectivity index (χ1v) is 7.24. The van der Waals surface area contributed by atoms with Gasteiger partial charge in [0.15, 0.2) is 5.71 Å². The number of hydrogen-bond acceptors (Lipinski definition) is 6. The lowest BCUT2D eigenvalue weighted by atomic mass is 9.99. The van der Waals surface area contributed by atoms with Crippen molar-refractivity contribution in [1.82, 2.24) is 0 Å². The van der Waals surface area contributed by atoms with Crippen LogP contribution in [0.3, 0.4) is 0 Å². The molecule has 122 valence electrons. The Balaban J connectivity index is 2.34. The number of rotatable bonds is 6. The monoisotopic (exact) mass is 325 g/mol. The van der Waals surface area contributed by atoms with Gasteiger partial charge in [-0.25, -0.2) is 4.79 Å². The van der Waals surface area contributed by atoms with Gasteiger partial charge in [0.05, 0.1) is 6.61 Å². The topological polar surface area (TPSA) is 82.0 Å². The maximum Gasteiger partial charge on any atom is 0.535 e. The number of ketones is 2. The van der Waals surface area contributed by atoms with Gasteiger partial charge in [-0.2, -0.15) is 0 Å². The predicted molar refractivity (Wildman–Crippen MR) is 87.1 cm³/mol. The molecule has 0 N–H and O–H groups in total. The van der Waals surface area contributed by atoms with Crippen LogP contribution in [-0.4, -0.2) is 30.0 Å². The summed E-state index contributed by atoms with van der Waals surface area (Å²) in [6.07, 6.45) is -1.09. The maximum absolute atomic E-state index is 12.5. The second kappa shape index (κ2) is 8.38. The Bertz CT molecular complexity index is 700. The van der Waals surface area contributed by atoms with E-state index in [4.69, 9.17) is 0 Å². The number of hydrogen-bond donors (Lipinski definition) is 0. The van der Waals surface area contributed by atoms with Gasteiger partial charge in [0, 0.05) is 11.1 Å². The van der Waals surface area contributed by atoms with Crippen LogP contribution in [0.15, 0.2) is 65.8 Å². The average molecular weight is 325 g/mol. The van der Waals surface area contributed by atoms with E-state index < -0.39 is 23.4 Å². The van der Waals surface area contributed by atoms with Crippen molar-refractivity contribution in [3.8, 4) is 0 Å². The highest BCUT2D eigenvalue weighted by Crippen LogP contribution is 2.08. The van der Waals surface area contributed by atoms with Crippen molar-refractivity contribution in [2.24, 2.45) is 5.16 Å². The standard InChI is InChI=1S/C18H15NO5/c1-2-23-18(22)24-19-15(16(20)13-9-5-3-6-10-13)17(21)14-11-7-4-8-12-14/h3-12H,2H2,1H3. The molecule has 2 rings (SSSR count). The molecule has 6 heteroatoms. The Morgan fingerprint density at radius 1 is 0.833 bits per heavy atom. The van der Waals surface area contributed by atoms with E-state index >= 15 is 0 Å². The molecule has 0 aromatic heterocycles. The van der Waals surface area contributed by atoms with E-state index in [9.17, 15) is 14.4 Å². The lowest BCUT2D eigenvalue weighted by Gasteiger charge is -2.05. The van der Waals surface area contributed by atoms with Crippen LogP contribution in [0.2, 0.25) is 0 Å². The van der Waals surface area contributed by atoms with Crippen molar-refractivity contribution in [3.63, 3.8) is 0 Å². The Hall–Kier alpha value is -3.28. The molecule has 0 atom stereocenters. The maximum atomic E-state index is 12.5. The second-order valence-corrected chi connectivity index (χ2v) is 4.60. The zero-order valence-corrected chi connectivity index (χ0v) is 13.0. The van der Waals surface area contributed by atoms with E-state index in [0.717, 1.165) is 0 Å². The minimum atomic E-state index is -1.09.